The zero-order valence-corrected chi connectivity index (χ0v) is 16.7. The lowest BCUT2D eigenvalue weighted by atomic mass is 10.1. The number of para-hydroxylation sites is 1. The average Bonchev–Trinajstić information content (AvgIpc) is 2.65. The number of ether oxygens (including phenoxy) is 1. The van der Waals surface area contributed by atoms with E-state index in [1.54, 1.807) is 43.3 Å². The Hall–Kier alpha value is -3.46. The summed E-state index contributed by atoms with van der Waals surface area (Å²) in [7, 11) is 0. The van der Waals surface area contributed by atoms with Crippen LogP contribution in [-0.4, -0.2) is 35.5 Å². The summed E-state index contributed by atoms with van der Waals surface area (Å²) in [5.41, 5.74) is 1.05. The zero-order valence-electron chi connectivity index (χ0n) is 15.1. The van der Waals surface area contributed by atoms with E-state index in [0.29, 0.717) is 21.3 Å². The summed E-state index contributed by atoms with van der Waals surface area (Å²) < 4.78 is 5.86. The number of carbonyl (C=O) groups is 4. The highest BCUT2D eigenvalue weighted by Crippen LogP contribution is 2.29. The lowest BCUT2D eigenvalue weighted by molar-refractivity contribution is -0.139. The van der Waals surface area contributed by atoms with Crippen molar-refractivity contribution in [3.63, 3.8) is 0 Å². The maximum atomic E-state index is 13.0. The van der Waals surface area contributed by atoms with Gasteiger partial charge in [-0.05, 0) is 42.8 Å². The quantitative estimate of drug-likeness (QED) is 0.525. The molecule has 3 rings (SSSR count). The fraction of sp³-hybridized carbons (Fsp3) is 0.100. The van der Waals surface area contributed by atoms with E-state index in [1.807, 2.05) is 0 Å². The highest BCUT2D eigenvalue weighted by Gasteiger charge is 2.37. The molecule has 2 N–H and O–H groups in total. The summed E-state index contributed by atoms with van der Waals surface area (Å²) in [5.74, 6) is -2.65. The summed E-state index contributed by atoms with van der Waals surface area (Å²) in [6, 6.07) is 10.6. The number of carboxylic acid groups (broad SMARTS) is 1. The van der Waals surface area contributed by atoms with E-state index in [2.05, 4.69) is 21.2 Å². The number of nitrogens with zero attached hydrogens (tertiary/aromatic N) is 1. The Bertz CT molecular complexity index is 1060. The first-order valence-electron chi connectivity index (χ1n) is 8.39. The van der Waals surface area contributed by atoms with Gasteiger partial charge >= 0.3 is 12.0 Å². The zero-order chi connectivity index (χ0) is 21.1. The molecule has 1 saturated heterocycles. The Kier molecular flexibility index (Phi) is 5.79. The van der Waals surface area contributed by atoms with E-state index in [-0.39, 0.29) is 11.3 Å². The van der Waals surface area contributed by atoms with E-state index in [1.165, 1.54) is 12.1 Å². The van der Waals surface area contributed by atoms with Crippen LogP contribution in [0.3, 0.4) is 0 Å². The predicted molar refractivity (Wildman–Crippen MR) is 107 cm³/mol. The minimum atomic E-state index is -1.17. The second-order valence-corrected chi connectivity index (χ2v) is 7.02. The molecule has 1 aliphatic heterocycles. The fourth-order valence-corrected chi connectivity index (χ4v) is 3.13. The normalized spacial score (nSPS) is 15.4. The van der Waals surface area contributed by atoms with Crippen molar-refractivity contribution in [1.29, 1.82) is 0 Å². The maximum Gasteiger partial charge on any atom is 0.341 e. The molecule has 2 aromatic carbocycles. The number of anilines is 1. The van der Waals surface area contributed by atoms with E-state index < -0.39 is 30.4 Å². The maximum absolute atomic E-state index is 13.0. The van der Waals surface area contributed by atoms with Crippen molar-refractivity contribution >= 4 is 51.5 Å². The SMILES string of the molecule is Cc1ccccc1N1C(=O)NC(=O)/C(=C\c2cc(Br)ccc2OCC(=O)O)C1=O. The molecule has 0 aliphatic carbocycles. The van der Waals surface area contributed by atoms with Gasteiger partial charge in [0.25, 0.3) is 11.8 Å². The number of imide groups is 2. The van der Waals surface area contributed by atoms with Crippen molar-refractivity contribution in [2.75, 3.05) is 11.5 Å². The Labute approximate surface area is 173 Å². The van der Waals surface area contributed by atoms with Crippen LogP contribution in [0.15, 0.2) is 52.5 Å². The molecule has 0 atom stereocenters. The van der Waals surface area contributed by atoms with E-state index in [9.17, 15) is 19.2 Å². The second-order valence-electron chi connectivity index (χ2n) is 6.11. The van der Waals surface area contributed by atoms with Crippen molar-refractivity contribution in [2.24, 2.45) is 0 Å². The fourth-order valence-electron chi connectivity index (χ4n) is 2.75. The van der Waals surface area contributed by atoms with Crippen LogP contribution in [-0.2, 0) is 14.4 Å². The van der Waals surface area contributed by atoms with Gasteiger partial charge in [-0.1, -0.05) is 34.1 Å². The number of carboxylic acids is 1. The molecule has 2 aromatic rings. The van der Waals surface area contributed by atoms with Gasteiger partial charge in [0.15, 0.2) is 6.61 Å². The number of rotatable bonds is 5. The molecule has 0 unspecified atom stereocenters. The Morgan fingerprint density at radius 1 is 1.21 bits per heavy atom. The number of benzene rings is 2. The first-order chi connectivity index (χ1) is 13.8. The number of hydrogen-bond acceptors (Lipinski definition) is 5. The van der Waals surface area contributed by atoms with Gasteiger partial charge in [0.1, 0.15) is 11.3 Å². The van der Waals surface area contributed by atoms with E-state index >= 15 is 0 Å². The number of nitrogens with one attached hydrogen (secondary N) is 1. The van der Waals surface area contributed by atoms with Gasteiger partial charge in [0.2, 0.25) is 0 Å². The van der Waals surface area contributed by atoms with Crippen molar-refractivity contribution in [3.05, 3.63) is 63.6 Å². The summed E-state index contributed by atoms with van der Waals surface area (Å²) >= 11 is 3.29. The lowest BCUT2D eigenvalue weighted by Gasteiger charge is -2.27. The van der Waals surface area contributed by atoms with E-state index in [0.717, 1.165) is 4.90 Å². The average molecular weight is 459 g/mol. The van der Waals surface area contributed by atoms with Gasteiger partial charge in [-0.2, -0.15) is 0 Å². The topological polar surface area (TPSA) is 113 Å². The number of hydrogen-bond donors (Lipinski definition) is 2. The number of halogens is 1. The molecule has 1 fully saturated rings. The molecule has 29 heavy (non-hydrogen) atoms. The van der Waals surface area contributed by atoms with Crippen LogP contribution in [0, 0.1) is 6.92 Å². The van der Waals surface area contributed by atoms with Crippen molar-refractivity contribution in [2.45, 2.75) is 6.92 Å². The number of barbiturate groups is 1. The molecule has 148 valence electrons. The number of amides is 4. The van der Waals surface area contributed by atoms with Crippen molar-refractivity contribution in [1.82, 2.24) is 5.32 Å². The first-order valence-corrected chi connectivity index (χ1v) is 9.18. The second kappa shape index (κ2) is 8.27. The lowest BCUT2D eigenvalue weighted by Crippen LogP contribution is -2.54. The van der Waals surface area contributed by atoms with Crippen LogP contribution in [0.1, 0.15) is 11.1 Å². The van der Waals surface area contributed by atoms with Gasteiger partial charge in [0.05, 0.1) is 5.69 Å². The van der Waals surface area contributed by atoms with Crippen LogP contribution in [0.4, 0.5) is 10.5 Å². The van der Waals surface area contributed by atoms with Gasteiger partial charge in [-0.25, -0.2) is 14.5 Å². The third kappa shape index (κ3) is 4.35. The molecule has 4 amide bonds. The third-order valence-corrected chi connectivity index (χ3v) is 4.57. The Balaban J connectivity index is 2.04. The molecule has 0 bridgehead atoms. The van der Waals surface area contributed by atoms with Gasteiger partial charge in [-0.3, -0.25) is 14.9 Å². The minimum absolute atomic E-state index is 0.169. The van der Waals surface area contributed by atoms with Gasteiger partial charge in [-0.15, -0.1) is 0 Å². The number of carbonyl (C=O) groups excluding carboxylic acids is 3. The van der Waals surface area contributed by atoms with Crippen LogP contribution in [0.5, 0.6) is 5.75 Å². The highest BCUT2D eigenvalue weighted by molar-refractivity contribution is 9.10. The van der Waals surface area contributed by atoms with Crippen LogP contribution >= 0.6 is 15.9 Å². The van der Waals surface area contributed by atoms with Crippen molar-refractivity contribution in [3.8, 4) is 5.75 Å². The molecular formula is C20H15BrN2O6. The van der Waals surface area contributed by atoms with Gasteiger partial charge < -0.3 is 9.84 Å². The summed E-state index contributed by atoms with van der Waals surface area (Å²) in [6.45, 7) is 1.15. The Morgan fingerprint density at radius 3 is 2.62 bits per heavy atom. The third-order valence-electron chi connectivity index (χ3n) is 4.08. The number of urea groups is 1. The first kappa shape index (κ1) is 20.3. The molecular weight excluding hydrogens is 444 g/mol. The molecule has 8 nitrogen and oxygen atoms in total. The molecule has 0 aromatic heterocycles. The molecule has 9 heteroatoms. The summed E-state index contributed by atoms with van der Waals surface area (Å²) in [4.78, 5) is 49.3. The molecule has 1 aliphatic rings. The highest BCUT2D eigenvalue weighted by atomic mass is 79.9. The standard InChI is InChI=1S/C20H15BrN2O6/c1-11-4-2-3-5-15(11)23-19(27)14(18(26)22-20(23)28)9-12-8-13(21)6-7-16(12)29-10-17(24)25/h2-9H,10H2,1H3,(H,24,25)(H,22,26,28)/b14-9+. The van der Waals surface area contributed by atoms with Crippen LogP contribution < -0.4 is 15.0 Å². The number of aliphatic carboxylic acids is 1. The molecule has 1 heterocycles. The number of aryl methyl sites for hydroxylation is 1. The molecule has 0 saturated carbocycles. The monoisotopic (exact) mass is 458 g/mol. The minimum Gasteiger partial charge on any atom is -0.481 e. The van der Waals surface area contributed by atoms with Gasteiger partial charge in [0, 0.05) is 10.0 Å². The van der Waals surface area contributed by atoms with Crippen molar-refractivity contribution < 1.29 is 29.0 Å². The van der Waals surface area contributed by atoms with E-state index in [4.69, 9.17) is 9.84 Å². The predicted octanol–water partition coefficient (Wildman–Crippen LogP) is 2.89. The Morgan fingerprint density at radius 2 is 1.93 bits per heavy atom. The molecule has 0 spiro atoms. The summed E-state index contributed by atoms with van der Waals surface area (Å²) in [6.07, 6.45) is 1.26. The van der Waals surface area contributed by atoms with Crippen LogP contribution in [0.25, 0.3) is 6.08 Å². The molecule has 0 radical (unpaired) electrons. The largest absolute Gasteiger partial charge is 0.481 e. The smallest absolute Gasteiger partial charge is 0.341 e. The van der Waals surface area contributed by atoms with Crippen LogP contribution in [0.2, 0.25) is 0 Å². The summed E-state index contributed by atoms with van der Waals surface area (Å²) in [5, 5.41) is 11.0.